The molecule has 140 valence electrons. The first-order valence-electron chi connectivity index (χ1n) is 8.34. The van der Waals surface area contributed by atoms with E-state index in [1.807, 2.05) is 12.2 Å². The van der Waals surface area contributed by atoms with Gasteiger partial charge in [0, 0.05) is 18.1 Å². The minimum Gasteiger partial charge on any atom is -0.376 e. The third kappa shape index (κ3) is 2.96. The highest BCUT2D eigenvalue weighted by Crippen LogP contribution is 2.53. The molecule has 2 aromatic rings. The molecular weight excluding hydrogens is 381 g/mol. The lowest BCUT2D eigenvalue weighted by Crippen LogP contribution is -2.31. The van der Waals surface area contributed by atoms with Gasteiger partial charge in [0.15, 0.2) is 0 Å². The number of fused-ring (bicyclic) bond motifs is 3. The van der Waals surface area contributed by atoms with Crippen molar-refractivity contribution in [1.29, 1.82) is 0 Å². The van der Waals surface area contributed by atoms with Gasteiger partial charge in [-0.3, -0.25) is 10.1 Å². The quantitative estimate of drug-likeness (QED) is 0.380. The van der Waals surface area contributed by atoms with E-state index < -0.39 is 22.7 Å². The summed E-state index contributed by atoms with van der Waals surface area (Å²) < 4.78 is 40.6. The monoisotopic (exact) mass is 394 g/mol. The number of halogens is 4. The second kappa shape index (κ2) is 6.27. The first-order valence-corrected chi connectivity index (χ1v) is 8.72. The fraction of sp³-hybridized carbons (Fsp3) is 0.263. The SMILES string of the molecule is O=[N+]([O-])c1cc(Cl)c2c(c1)[C@@H]1C=CC[C@H]1[C@H](c1ccccc1C(F)(F)F)N2. The van der Waals surface area contributed by atoms with Crippen LogP contribution in [-0.2, 0) is 6.18 Å². The molecule has 1 N–H and O–H groups in total. The molecule has 2 aromatic carbocycles. The number of hydrogen-bond acceptors (Lipinski definition) is 3. The second-order valence-corrected chi connectivity index (χ2v) is 7.12. The number of allylic oxidation sites excluding steroid dienone is 2. The number of nitrogens with one attached hydrogen (secondary N) is 1. The van der Waals surface area contributed by atoms with E-state index in [2.05, 4.69) is 5.32 Å². The summed E-state index contributed by atoms with van der Waals surface area (Å²) in [6.45, 7) is 0. The van der Waals surface area contributed by atoms with Gasteiger partial charge in [0.25, 0.3) is 5.69 Å². The van der Waals surface area contributed by atoms with Gasteiger partial charge in [-0.1, -0.05) is 42.0 Å². The molecule has 0 fully saturated rings. The van der Waals surface area contributed by atoms with Gasteiger partial charge in [-0.2, -0.15) is 13.2 Å². The van der Waals surface area contributed by atoms with Crippen molar-refractivity contribution in [2.75, 3.05) is 5.32 Å². The van der Waals surface area contributed by atoms with Crippen molar-refractivity contribution in [3.63, 3.8) is 0 Å². The minimum atomic E-state index is -4.47. The Balaban J connectivity index is 1.86. The van der Waals surface area contributed by atoms with Gasteiger partial charge in [-0.15, -0.1) is 0 Å². The standard InChI is InChI=1S/C19H14ClF3N2O2/c20-16-9-10(25(26)27)8-14-11-5-3-6-12(11)17(24-18(14)16)13-4-1-2-7-15(13)19(21,22)23/h1-5,7-9,11-12,17,24H,6H2/t11-,12-,17-/m1/s1. The predicted octanol–water partition coefficient (Wildman–Crippen LogP) is 6.09. The Labute approximate surface area is 157 Å². The van der Waals surface area contributed by atoms with Gasteiger partial charge in [-0.25, -0.2) is 0 Å². The third-order valence-electron chi connectivity index (χ3n) is 5.22. The van der Waals surface area contributed by atoms with E-state index in [0.717, 1.165) is 6.07 Å². The Kier molecular flexibility index (Phi) is 4.14. The second-order valence-electron chi connectivity index (χ2n) is 6.71. The van der Waals surface area contributed by atoms with Crippen LogP contribution in [0.3, 0.4) is 0 Å². The van der Waals surface area contributed by atoms with Crippen molar-refractivity contribution in [3.05, 3.63) is 80.4 Å². The van der Waals surface area contributed by atoms with Crippen LogP contribution in [0, 0.1) is 16.0 Å². The lowest BCUT2D eigenvalue weighted by atomic mass is 9.76. The molecule has 0 aromatic heterocycles. The average Bonchev–Trinajstić information content (AvgIpc) is 3.10. The van der Waals surface area contributed by atoms with E-state index in [0.29, 0.717) is 17.7 Å². The number of nitrogens with zero attached hydrogens (tertiary/aromatic N) is 1. The van der Waals surface area contributed by atoms with Crippen LogP contribution in [0.1, 0.15) is 35.1 Å². The number of nitro benzene ring substituents is 1. The van der Waals surface area contributed by atoms with Crippen LogP contribution in [0.25, 0.3) is 0 Å². The molecule has 1 heterocycles. The minimum absolute atomic E-state index is 0.131. The molecule has 0 amide bonds. The van der Waals surface area contributed by atoms with Gasteiger partial charge in [0.1, 0.15) is 0 Å². The van der Waals surface area contributed by atoms with E-state index in [1.165, 1.54) is 24.3 Å². The molecule has 2 aliphatic rings. The number of alkyl halides is 3. The lowest BCUT2D eigenvalue weighted by Gasteiger charge is -2.38. The van der Waals surface area contributed by atoms with E-state index in [1.54, 1.807) is 6.07 Å². The molecule has 4 rings (SSSR count). The number of non-ortho nitro benzene ring substituents is 1. The maximum atomic E-state index is 13.5. The van der Waals surface area contributed by atoms with Crippen molar-refractivity contribution in [2.45, 2.75) is 24.6 Å². The first-order chi connectivity index (χ1) is 12.8. The van der Waals surface area contributed by atoms with E-state index in [4.69, 9.17) is 11.6 Å². The molecule has 0 saturated heterocycles. The predicted molar refractivity (Wildman–Crippen MR) is 95.9 cm³/mol. The van der Waals surface area contributed by atoms with Crippen molar-refractivity contribution >= 4 is 23.0 Å². The smallest absolute Gasteiger partial charge is 0.376 e. The molecule has 0 spiro atoms. The number of nitro groups is 1. The Morgan fingerprint density at radius 2 is 1.93 bits per heavy atom. The fourth-order valence-electron chi connectivity index (χ4n) is 4.08. The number of hydrogen-bond donors (Lipinski definition) is 1. The van der Waals surface area contributed by atoms with E-state index in [9.17, 15) is 23.3 Å². The Hall–Kier alpha value is -2.54. The van der Waals surface area contributed by atoms with Gasteiger partial charge >= 0.3 is 6.18 Å². The molecule has 8 heteroatoms. The molecule has 0 bridgehead atoms. The van der Waals surface area contributed by atoms with Crippen LogP contribution in [-0.4, -0.2) is 4.92 Å². The summed E-state index contributed by atoms with van der Waals surface area (Å²) in [6, 6.07) is 7.56. The Morgan fingerprint density at radius 1 is 1.19 bits per heavy atom. The topological polar surface area (TPSA) is 55.2 Å². The zero-order valence-corrected chi connectivity index (χ0v) is 14.6. The summed E-state index contributed by atoms with van der Waals surface area (Å²) in [7, 11) is 0. The summed E-state index contributed by atoms with van der Waals surface area (Å²) in [4.78, 5) is 10.6. The largest absolute Gasteiger partial charge is 0.416 e. The molecule has 0 radical (unpaired) electrons. The molecule has 1 aliphatic carbocycles. The molecule has 3 atom stereocenters. The zero-order chi connectivity index (χ0) is 19.3. The molecule has 4 nitrogen and oxygen atoms in total. The van der Waals surface area contributed by atoms with Crippen LogP contribution >= 0.6 is 11.6 Å². The van der Waals surface area contributed by atoms with Crippen molar-refractivity contribution in [3.8, 4) is 0 Å². The van der Waals surface area contributed by atoms with E-state index >= 15 is 0 Å². The van der Waals surface area contributed by atoms with Crippen LogP contribution in [0.4, 0.5) is 24.5 Å². The highest BCUT2D eigenvalue weighted by molar-refractivity contribution is 6.33. The highest BCUT2D eigenvalue weighted by atomic mass is 35.5. The van der Waals surface area contributed by atoms with E-state index in [-0.39, 0.29) is 28.1 Å². The van der Waals surface area contributed by atoms with Crippen molar-refractivity contribution < 1.29 is 18.1 Å². The van der Waals surface area contributed by atoms with Gasteiger partial charge in [0.2, 0.25) is 0 Å². The molecule has 0 unspecified atom stereocenters. The van der Waals surface area contributed by atoms with Crippen LogP contribution in [0.2, 0.25) is 5.02 Å². The summed E-state index contributed by atoms with van der Waals surface area (Å²) in [5.74, 6) is -0.413. The fourth-order valence-corrected chi connectivity index (χ4v) is 4.36. The van der Waals surface area contributed by atoms with Crippen molar-refractivity contribution in [2.24, 2.45) is 5.92 Å². The maximum Gasteiger partial charge on any atom is 0.416 e. The maximum absolute atomic E-state index is 13.5. The normalized spacial score (nSPS) is 23.5. The zero-order valence-electron chi connectivity index (χ0n) is 13.8. The first kappa shape index (κ1) is 17.9. The summed E-state index contributed by atoms with van der Waals surface area (Å²) in [5, 5.41) is 14.4. The van der Waals surface area contributed by atoms with Crippen LogP contribution < -0.4 is 5.32 Å². The lowest BCUT2D eigenvalue weighted by molar-refractivity contribution is -0.384. The van der Waals surface area contributed by atoms with Gasteiger partial charge in [-0.05, 0) is 29.5 Å². The Morgan fingerprint density at radius 3 is 2.63 bits per heavy atom. The number of benzene rings is 2. The number of anilines is 1. The summed E-state index contributed by atoms with van der Waals surface area (Å²) in [5.41, 5.74) is 0.442. The summed E-state index contributed by atoms with van der Waals surface area (Å²) in [6.07, 6.45) is -0.0940. The van der Waals surface area contributed by atoms with Gasteiger partial charge < -0.3 is 5.32 Å². The number of rotatable bonds is 2. The molecule has 27 heavy (non-hydrogen) atoms. The van der Waals surface area contributed by atoms with Gasteiger partial charge in [0.05, 0.1) is 27.2 Å². The summed E-state index contributed by atoms with van der Waals surface area (Å²) >= 11 is 6.25. The van der Waals surface area contributed by atoms with Crippen molar-refractivity contribution in [1.82, 2.24) is 0 Å². The highest BCUT2D eigenvalue weighted by Gasteiger charge is 2.43. The third-order valence-corrected chi connectivity index (χ3v) is 5.52. The van der Waals surface area contributed by atoms with Crippen LogP contribution in [0.5, 0.6) is 0 Å². The van der Waals surface area contributed by atoms with Crippen LogP contribution in [0.15, 0.2) is 48.6 Å². The molecular formula is C19H14ClF3N2O2. The molecule has 1 aliphatic heterocycles. The Bertz CT molecular complexity index is 958. The molecule has 0 saturated carbocycles. The average molecular weight is 395 g/mol.